The second-order valence-electron chi connectivity index (χ2n) is 5.01. The van der Waals surface area contributed by atoms with Gasteiger partial charge in [-0.3, -0.25) is 5.32 Å². The van der Waals surface area contributed by atoms with Crippen LogP contribution in [0.1, 0.15) is 38.3 Å². The van der Waals surface area contributed by atoms with E-state index in [0.29, 0.717) is 18.8 Å². The highest BCUT2D eigenvalue weighted by atomic mass is 16.5. The molecule has 1 fully saturated rings. The van der Waals surface area contributed by atoms with Crippen molar-refractivity contribution < 1.29 is 14.3 Å². The molecule has 4 nitrogen and oxygen atoms in total. The van der Waals surface area contributed by atoms with Crippen LogP contribution in [0.15, 0.2) is 30.3 Å². The summed E-state index contributed by atoms with van der Waals surface area (Å²) in [6.07, 6.45) is 2.24. The van der Waals surface area contributed by atoms with Crippen LogP contribution in [0.3, 0.4) is 0 Å². The molecule has 0 bridgehead atoms. The van der Waals surface area contributed by atoms with Gasteiger partial charge in [0.25, 0.3) is 0 Å². The third-order valence-electron chi connectivity index (χ3n) is 3.55. The van der Waals surface area contributed by atoms with E-state index in [1.165, 1.54) is 0 Å². The number of benzene rings is 1. The minimum absolute atomic E-state index is 0.210. The summed E-state index contributed by atoms with van der Waals surface area (Å²) in [5.41, 5.74) is 0.950. The summed E-state index contributed by atoms with van der Waals surface area (Å²) in [4.78, 5) is 12.1. The Labute approximate surface area is 120 Å². The van der Waals surface area contributed by atoms with Gasteiger partial charge in [0, 0.05) is 12.6 Å². The van der Waals surface area contributed by atoms with Gasteiger partial charge in [-0.25, -0.2) is 4.79 Å². The van der Waals surface area contributed by atoms with E-state index in [0.717, 1.165) is 25.0 Å². The van der Waals surface area contributed by atoms with E-state index in [1.54, 1.807) is 0 Å². The van der Waals surface area contributed by atoms with Crippen LogP contribution >= 0.6 is 0 Å². The second kappa shape index (κ2) is 7.41. The van der Waals surface area contributed by atoms with E-state index < -0.39 is 0 Å². The van der Waals surface area contributed by atoms with Gasteiger partial charge in [0.2, 0.25) is 0 Å². The largest absolute Gasteiger partial charge is 0.465 e. The summed E-state index contributed by atoms with van der Waals surface area (Å²) in [6.45, 7) is 4.98. The van der Waals surface area contributed by atoms with E-state index in [9.17, 15) is 4.79 Å². The molecule has 1 aliphatic carbocycles. The predicted octanol–water partition coefficient (Wildman–Crippen LogP) is 2.45. The van der Waals surface area contributed by atoms with Gasteiger partial charge in [0.15, 0.2) is 0 Å². The molecule has 4 heteroatoms. The van der Waals surface area contributed by atoms with Crippen LogP contribution in [-0.2, 0) is 14.3 Å². The maximum atomic E-state index is 12.1. The molecule has 0 radical (unpaired) electrons. The van der Waals surface area contributed by atoms with Crippen LogP contribution in [-0.4, -0.2) is 31.3 Å². The molecule has 0 amide bonds. The van der Waals surface area contributed by atoms with Crippen LogP contribution in [0.25, 0.3) is 0 Å². The highest BCUT2D eigenvalue weighted by molar-refractivity contribution is 5.77. The molecular weight excluding hydrogens is 254 g/mol. The van der Waals surface area contributed by atoms with Gasteiger partial charge in [0.1, 0.15) is 6.04 Å². The molecule has 1 atom stereocenters. The minimum atomic E-state index is -0.385. The molecule has 1 unspecified atom stereocenters. The lowest BCUT2D eigenvalue weighted by Crippen LogP contribution is -2.48. The zero-order chi connectivity index (χ0) is 14.4. The molecule has 1 aliphatic rings. The summed E-state index contributed by atoms with van der Waals surface area (Å²) in [7, 11) is 0. The highest BCUT2D eigenvalue weighted by Gasteiger charge is 2.33. The smallest absolute Gasteiger partial charge is 0.327 e. The highest BCUT2D eigenvalue weighted by Crippen LogP contribution is 2.26. The first-order chi connectivity index (χ1) is 9.74. The molecule has 0 aliphatic heterocycles. The van der Waals surface area contributed by atoms with Gasteiger partial charge < -0.3 is 9.47 Å². The first-order valence-corrected chi connectivity index (χ1v) is 7.33. The predicted molar refractivity (Wildman–Crippen MR) is 77.4 cm³/mol. The number of carbonyl (C=O) groups is 1. The Kier molecular flexibility index (Phi) is 5.56. The van der Waals surface area contributed by atoms with Crippen molar-refractivity contribution in [2.75, 3.05) is 13.2 Å². The average molecular weight is 277 g/mol. The van der Waals surface area contributed by atoms with E-state index in [4.69, 9.17) is 9.47 Å². The fourth-order valence-electron chi connectivity index (χ4n) is 2.48. The lowest BCUT2D eigenvalue weighted by Gasteiger charge is -2.37. The normalized spacial score (nSPS) is 22.9. The van der Waals surface area contributed by atoms with Crippen molar-refractivity contribution in [1.82, 2.24) is 5.32 Å². The number of nitrogens with one attached hydrogen (secondary N) is 1. The van der Waals surface area contributed by atoms with Crippen LogP contribution < -0.4 is 5.32 Å². The monoisotopic (exact) mass is 277 g/mol. The van der Waals surface area contributed by atoms with Crippen molar-refractivity contribution in [1.29, 1.82) is 0 Å². The van der Waals surface area contributed by atoms with Crippen molar-refractivity contribution >= 4 is 5.97 Å². The summed E-state index contributed by atoms with van der Waals surface area (Å²) in [5, 5.41) is 3.39. The van der Waals surface area contributed by atoms with Gasteiger partial charge in [-0.2, -0.15) is 0 Å². The molecular formula is C16H23NO3. The van der Waals surface area contributed by atoms with Crippen molar-refractivity contribution in [3.05, 3.63) is 35.9 Å². The first-order valence-electron chi connectivity index (χ1n) is 7.33. The fourth-order valence-corrected chi connectivity index (χ4v) is 2.48. The zero-order valence-corrected chi connectivity index (χ0v) is 12.2. The maximum absolute atomic E-state index is 12.1. The van der Waals surface area contributed by atoms with Crippen LogP contribution in [0.2, 0.25) is 0 Å². The molecule has 1 N–H and O–H groups in total. The van der Waals surface area contributed by atoms with E-state index in [2.05, 4.69) is 5.32 Å². The van der Waals surface area contributed by atoms with Crippen molar-refractivity contribution in [3.8, 4) is 0 Å². The van der Waals surface area contributed by atoms with Crippen molar-refractivity contribution in [2.24, 2.45) is 0 Å². The number of esters is 1. The van der Waals surface area contributed by atoms with Crippen molar-refractivity contribution in [2.45, 2.75) is 44.9 Å². The van der Waals surface area contributed by atoms with Crippen LogP contribution in [0.4, 0.5) is 0 Å². The number of hydrogen-bond acceptors (Lipinski definition) is 4. The summed E-state index contributed by atoms with van der Waals surface area (Å²) in [5.74, 6) is -0.210. The van der Waals surface area contributed by atoms with Crippen molar-refractivity contribution in [3.63, 3.8) is 0 Å². The number of rotatable bonds is 7. The summed E-state index contributed by atoms with van der Waals surface area (Å²) < 4.78 is 10.7. The molecule has 0 saturated heterocycles. The standard InChI is InChI=1S/C16H23NO3/c1-3-19-14-10-13(11-14)17-15(16(18)20-4-2)12-8-6-5-7-9-12/h5-9,13-15,17H,3-4,10-11H2,1-2H3. The number of ether oxygens (including phenoxy) is 2. The Balaban J connectivity index is 1.96. The topological polar surface area (TPSA) is 47.6 Å². The quantitative estimate of drug-likeness (QED) is 0.778. The van der Waals surface area contributed by atoms with Gasteiger partial charge >= 0.3 is 5.97 Å². The van der Waals surface area contributed by atoms with Gasteiger partial charge in [0.05, 0.1) is 12.7 Å². The van der Waals surface area contributed by atoms with E-state index >= 15 is 0 Å². The van der Waals surface area contributed by atoms with Gasteiger partial charge in [-0.15, -0.1) is 0 Å². The summed E-state index contributed by atoms with van der Waals surface area (Å²) >= 11 is 0. The molecule has 1 aromatic carbocycles. The second-order valence-corrected chi connectivity index (χ2v) is 5.01. The molecule has 2 rings (SSSR count). The SMILES string of the molecule is CCOC(=O)C(NC1CC(OCC)C1)c1ccccc1. The van der Waals surface area contributed by atoms with E-state index in [1.807, 2.05) is 44.2 Å². The Morgan fingerprint density at radius 1 is 1.25 bits per heavy atom. The van der Waals surface area contributed by atoms with Gasteiger partial charge in [-0.05, 0) is 32.3 Å². The molecule has 20 heavy (non-hydrogen) atoms. The maximum Gasteiger partial charge on any atom is 0.327 e. The zero-order valence-electron chi connectivity index (χ0n) is 12.2. The first kappa shape index (κ1) is 15.0. The number of carbonyl (C=O) groups excluding carboxylic acids is 1. The number of hydrogen-bond donors (Lipinski definition) is 1. The molecule has 0 spiro atoms. The average Bonchev–Trinajstić information content (AvgIpc) is 2.42. The Morgan fingerprint density at radius 2 is 1.95 bits per heavy atom. The molecule has 1 saturated carbocycles. The molecule has 0 heterocycles. The lowest BCUT2D eigenvalue weighted by atomic mass is 9.88. The van der Waals surface area contributed by atoms with Crippen LogP contribution in [0.5, 0.6) is 0 Å². The lowest BCUT2D eigenvalue weighted by molar-refractivity contribution is -0.146. The van der Waals surface area contributed by atoms with Gasteiger partial charge in [-0.1, -0.05) is 30.3 Å². The molecule has 0 aromatic heterocycles. The third-order valence-corrected chi connectivity index (χ3v) is 3.55. The third kappa shape index (κ3) is 3.81. The Bertz CT molecular complexity index is 415. The minimum Gasteiger partial charge on any atom is -0.465 e. The summed E-state index contributed by atoms with van der Waals surface area (Å²) in [6, 6.07) is 9.66. The molecule has 110 valence electrons. The Hall–Kier alpha value is -1.39. The Morgan fingerprint density at radius 3 is 2.55 bits per heavy atom. The fraction of sp³-hybridized carbons (Fsp3) is 0.562. The molecule has 1 aromatic rings. The van der Waals surface area contributed by atoms with Crippen LogP contribution in [0, 0.1) is 0 Å². The van der Waals surface area contributed by atoms with E-state index in [-0.39, 0.29) is 12.0 Å².